The number of amides is 1. The van der Waals surface area contributed by atoms with Crippen LogP contribution in [-0.4, -0.2) is 10.9 Å². The number of rotatable bonds is 3. The van der Waals surface area contributed by atoms with E-state index in [0.29, 0.717) is 11.4 Å². The number of carbonyl (C=O) groups excluding carboxylic acids is 1. The summed E-state index contributed by atoms with van der Waals surface area (Å²) in [5.41, 5.74) is 1.41. The number of aromatic nitrogens is 1. The van der Waals surface area contributed by atoms with Gasteiger partial charge in [-0.3, -0.25) is 9.78 Å². The lowest BCUT2D eigenvalue weighted by Crippen LogP contribution is -2.11. The third-order valence-electron chi connectivity index (χ3n) is 3.16. The summed E-state index contributed by atoms with van der Waals surface area (Å²) >= 11 is 3.39. The van der Waals surface area contributed by atoms with Gasteiger partial charge in [0.15, 0.2) is 5.76 Å². The highest BCUT2D eigenvalue weighted by Crippen LogP contribution is 2.24. The zero-order chi connectivity index (χ0) is 14.8. The maximum Gasteiger partial charge on any atom is 0.291 e. The van der Waals surface area contributed by atoms with Crippen LogP contribution in [-0.2, 0) is 6.42 Å². The van der Waals surface area contributed by atoms with Gasteiger partial charge >= 0.3 is 0 Å². The van der Waals surface area contributed by atoms with Gasteiger partial charge in [0, 0.05) is 22.5 Å². The summed E-state index contributed by atoms with van der Waals surface area (Å²) in [6.45, 7) is 1.98. The van der Waals surface area contributed by atoms with Gasteiger partial charge in [-0.15, -0.1) is 0 Å². The summed E-state index contributed by atoms with van der Waals surface area (Å²) < 4.78 is 6.36. The molecule has 0 aliphatic rings. The van der Waals surface area contributed by atoms with E-state index in [2.05, 4.69) is 26.2 Å². The fourth-order valence-electron chi connectivity index (χ4n) is 2.11. The molecule has 3 rings (SSSR count). The van der Waals surface area contributed by atoms with Gasteiger partial charge < -0.3 is 9.73 Å². The van der Waals surface area contributed by atoms with Crippen LogP contribution in [0.1, 0.15) is 23.2 Å². The normalized spacial score (nSPS) is 10.8. The van der Waals surface area contributed by atoms with Gasteiger partial charge in [-0.25, -0.2) is 0 Å². The minimum Gasteiger partial charge on any atom is -0.456 e. The largest absolute Gasteiger partial charge is 0.456 e. The molecule has 2 aromatic heterocycles. The summed E-state index contributed by atoms with van der Waals surface area (Å²) in [4.78, 5) is 16.6. The highest BCUT2D eigenvalue weighted by molar-refractivity contribution is 9.10. The van der Waals surface area contributed by atoms with Crippen molar-refractivity contribution in [3.63, 3.8) is 0 Å². The van der Waals surface area contributed by atoms with Crippen molar-refractivity contribution in [2.24, 2.45) is 0 Å². The number of anilines is 1. The molecule has 0 fully saturated rings. The van der Waals surface area contributed by atoms with Crippen molar-refractivity contribution in [3.05, 3.63) is 58.6 Å². The lowest BCUT2D eigenvalue weighted by atomic mass is 10.2. The van der Waals surface area contributed by atoms with Gasteiger partial charge in [0.2, 0.25) is 0 Å². The minimum atomic E-state index is -0.271. The Balaban J connectivity index is 1.92. The van der Waals surface area contributed by atoms with Crippen molar-refractivity contribution in [1.29, 1.82) is 0 Å². The van der Waals surface area contributed by atoms with Crippen LogP contribution in [0.4, 0.5) is 5.69 Å². The number of benzene rings is 1. The molecule has 0 saturated heterocycles. The van der Waals surface area contributed by atoms with Crippen molar-refractivity contribution in [1.82, 2.24) is 4.98 Å². The third-order valence-corrected chi connectivity index (χ3v) is 3.59. The Morgan fingerprint density at radius 1 is 1.33 bits per heavy atom. The number of aryl methyl sites for hydroxylation is 1. The van der Waals surface area contributed by atoms with E-state index in [1.54, 1.807) is 12.3 Å². The summed E-state index contributed by atoms with van der Waals surface area (Å²) in [5.74, 6) is 0.827. The molecule has 0 bridgehead atoms. The number of pyridine rings is 1. The molecule has 3 aromatic rings. The fraction of sp³-hybridized carbons (Fsp3) is 0.125. The van der Waals surface area contributed by atoms with Crippen molar-refractivity contribution in [2.75, 3.05) is 5.32 Å². The van der Waals surface area contributed by atoms with Crippen LogP contribution in [0.5, 0.6) is 0 Å². The standard InChI is InChI=1S/C16H13BrN2O2/c1-2-12-6-7-14(21-12)16(20)19-13-5-3-4-10-8-11(17)9-18-15(10)13/h3-9H,2H2,1H3,(H,19,20). The van der Waals surface area contributed by atoms with Crippen molar-refractivity contribution in [2.45, 2.75) is 13.3 Å². The number of halogens is 1. The first kappa shape index (κ1) is 13.8. The highest BCUT2D eigenvalue weighted by Gasteiger charge is 2.13. The summed E-state index contributed by atoms with van der Waals surface area (Å²) in [7, 11) is 0. The van der Waals surface area contributed by atoms with Crippen molar-refractivity contribution in [3.8, 4) is 0 Å². The molecule has 21 heavy (non-hydrogen) atoms. The Bertz CT molecular complexity index is 811. The summed E-state index contributed by atoms with van der Waals surface area (Å²) in [6.07, 6.45) is 2.47. The molecular weight excluding hydrogens is 332 g/mol. The van der Waals surface area contributed by atoms with Crippen molar-refractivity contribution < 1.29 is 9.21 Å². The third kappa shape index (κ3) is 2.83. The lowest BCUT2D eigenvalue weighted by molar-refractivity contribution is 0.0995. The van der Waals surface area contributed by atoms with Gasteiger partial charge in [0.25, 0.3) is 5.91 Å². The Morgan fingerprint density at radius 2 is 2.19 bits per heavy atom. The molecule has 0 aliphatic carbocycles. The first-order valence-electron chi connectivity index (χ1n) is 6.61. The van der Waals surface area contributed by atoms with E-state index in [-0.39, 0.29) is 5.91 Å². The number of carbonyl (C=O) groups is 1. The Kier molecular flexibility index (Phi) is 3.75. The predicted molar refractivity (Wildman–Crippen MR) is 85.5 cm³/mol. The quantitative estimate of drug-likeness (QED) is 0.765. The van der Waals surface area contributed by atoms with E-state index in [0.717, 1.165) is 27.6 Å². The second kappa shape index (κ2) is 5.69. The van der Waals surface area contributed by atoms with Crippen LogP contribution < -0.4 is 5.32 Å². The van der Waals surface area contributed by atoms with Crippen LogP contribution in [0.15, 0.2) is 51.5 Å². The number of fused-ring (bicyclic) bond motifs is 1. The predicted octanol–water partition coefficient (Wildman–Crippen LogP) is 4.41. The van der Waals surface area contributed by atoms with Gasteiger partial charge in [-0.2, -0.15) is 0 Å². The van der Waals surface area contributed by atoms with E-state index in [4.69, 9.17) is 4.42 Å². The first-order valence-corrected chi connectivity index (χ1v) is 7.41. The topological polar surface area (TPSA) is 55.1 Å². The number of hydrogen-bond donors (Lipinski definition) is 1. The number of nitrogens with zero attached hydrogens (tertiary/aromatic N) is 1. The number of nitrogens with one attached hydrogen (secondary N) is 1. The molecule has 106 valence electrons. The Hall–Kier alpha value is -2.14. The number of para-hydroxylation sites is 1. The zero-order valence-electron chi connectivity index (χ0n) is 11.4. The lowest BCUT2D eigenvalue weighted by Gasteiger charge is -2.07. The average Bonchev–Trinajstić information content (AvgIpc) is 2.96. The van der Waals surface area contributed by atoms with Crippen LogP contribution in [0, 0.1) is 0 Å². The van der Waals surface area contributed by atoms with Crippen LogP contribution in [0.25, 0.3) is 10.9 Å². The van der Waals surface area contributed by atoms with Crippen LogP contribution in [0.2, 0.25) is 0 Å². The molecule has 0 aliphatic heterocycles. The van der Waals surface area contributed by atoms with Gasteiger partial charge in [0.1, 0.15) is 5.76 Å². The van der Waals surface area contributed by atoms with Crippen LogP contribution in [0.3, 0.4) is 0 Å². The summed E-state index contributed by atoms with van der Waals surface area (Å²) in [6, 6.07) is 11.1. The molecular formula is C16H13BrN2O2. The molecule has 0 spiro atoms. The fourth-order valence-corrected chi connectivity index (χ4v) is 2.46. The zero-order valence-corrected chi connectivity index (χ0v) is 13.0. The number of furan rings is 1. The van der Waals surface area contributed by atoms with E-state index in [1.807, 2.05) is 37.3 Å². The maximum atomic E-state index is 12.2. The van der Waals surface area contributed by atoms with Crippen molar-refractivity contribution >= 4 is 38.4 Å². The minimum absolute atomic E-state index is 0.271. The molecule has 0 radical (unpaired) electrons. The second-order valence-electron chi connectivity index (χ2n) is 4.60. The molecule has 1 aromatic carbocycles. The van der Waals surface area contributed by atoms with Gasteiger partial charge in [-0.1, -0.05) is 19.1 Å². The molecule has 5 heteroatoms. The second-order valence-corrected chi connectivity index (χ2v) is 5.52. The van der Waals surface area contributed by atoms with E-state index < -0.39 is 0 Å². The van der Waals surface area contributed by atoms with E-state index >= 15 is 0 Å². The van der Waals surface area contributed by atoms with Gasteiger partial charge in [-0.05, 0) is 40.2 Å². The molecule has 0 unspecified atom stereocenters. The monoisotopic (exact) mass is 344 g/mol. The molecule has 2 heterocycles. The molecule has 1 amide bonds. The molecule has 0 saturated carbocycles. The SMILES string of the molecule is CCc1ccc(C(=O)Nc2cccc3cc(Br)cnc23)o1. The smallest absolute Gasteiger partial charge is 0.291 e. The van der Waals surface area contributed by atoms with E-state index in [1.165, 1.54) is 0 Å². The molecule has 4 nitrogen and oxygen atoms in total. The highest BCUT2D eigenvalue weighted by atomic mass is 79.9. The number of hydrogen-bond acceptors (Lipinski definition) is 3. The first-order chi connectivity index (χ1) is 10.2. The average molecular weight is 345 g/mol. The van der Waals surface area contributed by atoms with Gasteiger partial charge in [0.05, 0.1) is 11.2 Å². The van der Waals surface area contributed by atoms with E-state index in [9.17, 15) is 4.79 Å². The summed E-state index contributed by atoms with van der Waals surface area (Å²) in [5, 5.41) is 3.80. The molecule has 0 atom stereocenters. The Labute approximate surface area is 130 Å². The Morgan fingerprint density at radius 3 is 2.95 bits per heavy atom. The maximum absolute atomic E-state index is 12.2. The molecule has 1 N–H and O–H groups in total. The van der Waals surface area contributed by atoms with Crippen LogP contribution >= 0.6 is 15.9 Å².